The smallest absolute Gasteiger partial charge is 0.422 e. The predicted octanol–water partition coefficient (Wildman–Crippen LogP) is 2.81. The number of carboxylic acid groups (broad SMARTS) is 1. The second kappa shape index (κ2) is 7.28. The number of benzene rings is 2. The first-order valence-electron chi connectivity index (χ1n) is 6.90. The first-order chi connectivity index (χ1) is 11.4. The van der Waals surface area contributed by atoms with Crippen LogP contribution < -0.4 is 9.64 Å². The molecule has 7 heteroatoms. The molecule has 0 saturated heterocycles. The molecule has 0 saturated carbocycles. The second-order valence-corrected chi connectivity index (χ2v) is 4.77. The van der Waals surface area contributed by atoms with Gasteiger partial charge in [-0.05, 0) is 24.3 Å². The fourth-order valence-corrected chi connectivity index (χ4v) is 1.95. The van der Waals surface area contributed by atoms with E-state index < -0.39 is 18.0 Å². The lowest BCUT2D eigenvalue weighted by molar-refractivity contribution is 0.0633. The normalized spacial score (nSPS) is 9.92. The van der Waals surface area contributed by atoms with Crippen molar-refractivity contribution in [3.8, 4) is 5.75 Å². The molecule has 24 heavy (non-hydrogen) atoms. The third-order valence-electron chi connectivity index (χ3n) is 3.27. The number of carboxylic acids is 1. The number of ether oxygens (including phenoxy) is 2. The summed E-state index contributed by atoms with van der Waals surface area (Å²) in [4.78, 5) is 36.1. The molecular weight excluding hydrogens is 314 g/mol. The third-order valence-corrected chi connectivity index (χ3v) is 3.27. The van der Waals surface area contributed by atoms with Crippen molar-refractivity contribution in [2.24, 2.45) is 0 Å². The fourth-order valence-electron chi connectivity index (χ4n) is 1.95. The Morgan fingerprint density at radius 3 is 2.29 bits per heavy atom. The average Bonchev–Trinajstić information content (AvgIpc) is 2.60. The largest absolute Gasteiger partial charge is 0.496 e. The van der Waals surface area contributed by atoms with Crippen LogP contribution >= 0.6 is 0 Å². The first-order valence-corrected chi connectivity index (χ1v) is 6.90. The molecule has 0 radical (unpaired) electrons. The molecule has 7 nitrogen and oxygen atoms in total. The molecule has 0 aliphatic carbocycles. The maximum Gasteiger partial charge on any atom is 0.422 e. The number of hydrogen-bond acceptors (Lipinski definition) is 5. The van der Waals surface area contributed by atoms with Crippen molar-refractivity contribution in [3.63, 3.8) is 0 Å². The van der Waals surface area contributed by atoms with Crippen LogP contribution in [0.25, 0.3) is 0 Å². The molecule has 0 aliphatic heterocycles. The Morgan fingerprint density at radius 2 is 1.71 bits per heavy atom. The number of carbonyl (C=O) groups is 3. The summed E-state index contributed by atoms with van der Waals surface area (Å²) < 4.78 is 9.80. The first kappa shape index (κ1) is 17.0. The average molecular weight is 329 g/mol. The summed E-state index contributed by atoms with van der Waals surface area (Å²) in [5.41, 5.74) is 0.532. The topological polar surface area (TPSA) is 93.1 Å². The molecule has 0 spiro atoms. The number of carbonyl (C=O) groups excluding carboxylic acids is 2. The summed E-state index contributed by atoms with van der Waals surface area (Å²) in [5, 5.41) is 9.05. The number of esters is 1. The second-order valence-electron chi connectivity index (χ2n) is 4.77. The van der Waals surface area contributed by atoms with Crippen molar-refractivity contribution in [2.75, 3.05) is 19.1 Å². The van der Waals surface area contributed by atoms with Gasteiger partial charge in [0.2, 0.25) is 0 Å². The molecule has 0 fully saturated rings. The summed E-state index contributed by atoms with van der Waals surface area (Å²) in [7, 11) is 2.72. The predicted molar refractivity (Wildman–Crippen MR) is 85.6 cm³/mol. The maximum atomic E-state index is 12.1. The van der Waals surface area contributed by atoms with Gasteiger partial charge >= 0.3 is 18.0 Å². The molecule has 0 aromatic heterocycles. The number of nitrogens with zero attached hydrogens (tertiary/aromatic N) is 1. The molecule has 0 heterocycles. The van der Waals surface area contributed by atoms with Crippen LogP contribution in [0.4, 0.5) is 10.5 Å². The lowest BCUT2D eigenvalue weighted by Gasteiger charge is -2.17. The molecule has 0 aliphatic rings. The molecule has 0 atom stereocenters. The highest BCUT2D eigenvalue weighted by Gasteiger charge is 2.20. The van der Waals surface area contributed by atoms with Gasteiger partial charge in [0.15, 0.2) is 0 Å². The minimum Gasteiger partial charge on any atom is -0.496 e. The highest BCUT2D eigenvalue weighted by Crippen LogP contribution is 2.25. The monoisotopic (exact) mass is 329 g/mol. The Labute approximate surface area is 138 Å². The van der Waals surface area contributed by atoms with Gasteiger partial charge in [-0.2, -0.15) is 0 Å². The van der Waals surface area contributed by atoms with E-state index in [1.54, 1.807) is 18.2 Å². The summed E-state index contributed by atoms with van der Waals surface area (Å²) >= 11 is 0. The van der Waals surface area contributed by atoms with E-state index in [1.165, 1.54) is 44.5 Å². The van der Waals surface area contributed by atoms with Gasteiger partial charge in [-0.15, -0.1) is 0 Å². The number of hydrogen-bond donors (Lipinski definition) is 1. The van der Waals surface area contributed by atoms with Crippen LogP contribution in [-0.4, -0.2) is 37.3 Å². The van der Waals surface area contributed by atoms with Gasteiger partial charge in [0.1, 0.15) is 11.3 Å². The van der Waals surface area contributed by atoms with Crippen LogP contribution in [0.3, 0.4) is 0 Å². The van der Waals surface area contributed by atoms with Crippen LogP contribution in [-0.2, 0) is 4.74 Å². The Kier molecular flexibility index (Phi) is 5.16. The molecule has 0 unspecified atom stereocenters. The van der Waals surface area contributed by atoms with Crippen molar-refractivity contribution in [1.29, 1.82) is 0 Å². The minimum atomic E-state index is -1.15. The Hall–Kier alpha value is -3.35. The summed E-state index contributed by atoms with van der Waals surface area (Å²) in [6.45, 7) is 0. The molecule has 2 aromatic rings. The van der Waals surface area contributed by atoms with Gasteiger partial charge in [0, 0.05) is 13.1 Å². The quantitative estimate of drug-likeness (QED) is 0.685. The van der Waals surface area contributed by atoms with Gasteiger partial charge < -0.3 is 14.6 Å². The molecule has 1 N–H and O–H groups in total. The zero-order valence-corrected chi connectivity index (χ0v) is 13.1. The third kappa shape index (κ3) is 3.70. The Balaban J connectivity index is 2.16. The van der Waals surface area contributed by atoms with Crippen molar-refractivity contribution in [3.05, 3.63) is 59.7 Å². The van der Waals surface area contributed by atoms with Crippen molar-refractivity contribution in [1.82, 2.24) is 0 Å². The van der Waals surface area contributed by atoms with Gasteiger partial charge in [-0.3, -0.25) is 4.90 Å². The summed E-state index contributed by atoms with van der Waals surface area (Å²) in [6.07, 6.45) is -0.894. The zero-order valence-electron chi connectivity index (χ0n) is 13.1. The van der Waals surface area contributed by atoms with Crippen molar-refractivity contribution < 1.29 is 29.0 Å². The zero-order chi connectivity index (χ0) is 17.7. The van der Waals surface area contributed by atoms with Crippen LogP contribution in [0.1, 0.15) is 20.7 Å². The standard InChI is InChI=1S/C17H15NO6/c1-18(12-8-9-13(15(19)20)14(10-12)23-2)17(22)24-16(21)11-6-4-3-5-7-11/h3-10H,1-2H3,(H,19,20). The molecule has 2 aromatic carbocycles. The molecule has 1 amide bonds. The van der Waals surface area contributed by atoms with E-state index in [1.807, 2.05) is 0 Å². The van der Waals surface area contributed by atoms with E-state index in [-0.39, 0.29) is 16.9 Å². The molecule has 2 rings (SSSR count). The van der Waals surface area contributed by atoms with E-state index in [4.69, 9.17) is 14.6 Å². The van der Waals surface area contributed by atoms with E-state index >= 15 is 0 Å². The van der Waals surface area contributed by atoms with Gasteiger partial charge in [-0.1, -0.05) is 18.2 Å². The van der Waals surface area contributed by atoms with Gasteiger partial charge in [0.05, 0.1) is 18.4 Å². The van der Waals surface area contributed by atoms with E-state index in [9.17, 15) is 14.4 Å². The van der Waals surface area contributed by atoms with Gasteiger partial charge in [0.25, 0.3) is 0 Å². The van der Waals surface area contributed by atoms with Crippen molar-refractivity contribution >= 4 is 23.7 Å². The Bertz CT molecular complexity index is 772. The summed E-state index contributed by atoms with van der Waals surface area (Å²) in [5.74, 6) is -1.83. The van der Waals surface area contributed by atoms with E-state index in [0.717, 1.165) is 4.90 Å². The number of aromatic carboxylic acids is 1. The SMILES string of the molecule is COc1cc(N(C)C(=O)OC(=O)c2ccccc2)ccc1C(=O)O. The van der Waals surface area contributed by atoms with Crippen molar-refractivity contribution in [2.45, 2.75) is 0 Å². The van der Waals surface area contributed by atoms with Crippen LogP contribution in [0.2, 0.25) is 0 Å². The lowest BCUT2D eigenvalue weighted by Crippen LogP contribution is -2.29. The highest BCUT2D eigenvalue weighted by molar-refractivity contribution is 6.01. The Morgan fingerprint density at radius 1 is 1.04 bits per heavy atom. The number of anilines is 1. The van der Waals surface area contributed by atoms with Crippen LogP contribution in [0.15, 0.2) is 48.5 Å². The number of amides is 1. The fraction of sp³-hybridized carbons (Fsp3) is 0.118. The maximum absolute atomic E-state index is 12.1. The van der Waals surface area contributed by atoms with Crippen LogP contribution in [0.5, 0.6) is 5.75 Å². The summed E-state index contributed by atoms with van der Waals surface area (Å²) in [6, 6.07) is 12.2. The number of rotatable bonds is 4. The molecular formula is C17H15NO6. The van der Waals surface area contributed by atoms with Gasteiger partial charge in [-0.25, -0.2) is 14.4 Å². The lowest BCUT2D eigenvalue weighted by atomic mass is 10.1. The number of methoxy groups -OCH3 is 1. The van der Waals surface area contributed by atoms with E-state index in [2.05, 4.69) is 0 Å². The highest BCUT2D eigenvalue weighted by atomic mass is 16.6. The van der Waals surface area contributed by atoms with Crippen LogP contribution in [0, 0.1) is 0 Å². The minimum absolute atomic E-state index is 0.0385. The van der Waals surface area contributed by atoms with E-state index in [0.29, 0.717) is 5.69 Å². The molecule has 124 valence electrons. The molecule has 0 bridgehead atoms.